The van der Waals surface area contributed by atoms with Crippen molar-refractivity contribution in [2.75, 3.05) is 19.5 Å². The molecule has 0 aliphatic rings. The van der Waals surface area contributed by atoms with Gasteiger partial charge in [-0.05, 0) is 24.7 Å². The minimum absolute atomic E-state index is 0.137. The number of rotatable bonds is 7. The van der Waals surface area contributed by atoms with Crippen molar-refractivity contribution in [3.05, 3.63) is 17.0 Å². The molecule has 0 aromatic carbocycles. The van der Waals surface area contributed by atoms with Crippen molar-refractivity contribution >= 4 is 24.0 Å². The van der Waals surface area contributed by atoms with Crippen LogP contribution < -0.4 is 5.73 Å². The average Bonchev–Trinajstić information content (AvgIpc) is 2.50. The van der Waals surface area contributed by atoms with Crippen molar-refractivity contribution in [2.45, 2.75) is 32.9 Å². The van der Waals surface area contributed by atoms with Gasteiger partial charge in [0, 0.05) is 19.9 Å². The van der Waals surface area contributed by atoms with E-state index in [9.17, 15) is 4.79 Å². The van der Waals surface area contributed by atoms with Crippen molar-refractivity contribution in [3.8, 4) is 12.8 Å². The third-order valence-corrected chi connectivity index (χ3v) is 3.13. The van der Waals surface area contributed by atoms with Crippen LogP contribution in [0.3, 0.4) is 0 Å². The molecule has 0 saturated carbocycles. The van der Waals surface area contributed by atoms with Crippen molar-refractivity contribution in [2.24, 2.45) is 5.92 Å². The van der Waals surface area contributed by atoms with Gasteiger partial charge in [-0.2, -0.15) is 0 Å². The van der Waals surface area contributed by atoms with E-state index in [4.69, 9.17) is 27.4 Å². The van der Waals surface area contributed by atoms with Crippen LogP contribution in [0, 0.1) is 23.5 Å². The number of carbonyl (C=O) groups is 1. The predicted octanol–water partition coefficient (Wildman–Crippen LogP) is 2.05. The summed E-state index contributed by atoms with van der Waals surface area (Å²) in [4.78, 5) is 15.4. The van der Waals surface area contributed by atoms with E-state index in [0.717, 1.165) is 0 Å². The van der Waals surface area contributed by atoms with E-state index in [0.29, 0.717) is 23.6 Å². The summed E-state index contributed by atoms with van der Waals surface area (Å²) in [6.07, 6.45) is 10.3. The molecule has 0 spiro atoms. The Bertz CT molecular complexity index is 540. The molecule has 0 fully saturated rings. The Morgan fingerprint density at radius 1 is 1.50 bits per heavy atom. The van der Waals surface area contributed by atoms with Crippen molar-refractivity contribution in [1.82, 2.24) is 9.55 Å². The van der Waals surface area contributed by atoms with Crippen LogP contribution in [0.4, 0.5) is 5.82 Å². The highest BCUT2D eigenvalue weighted by Gasteiger charge is 2.13. The minimum atomic E-state index is -0.224. The molecule has 1 unspecified atom stereocenters. The summed E-state index contributed by atoms with van der Waals surface area (Å²) in [6, 6.07) is 1.69. The molecular weight excluding hydrogens is 302 g/mol. The number of aromatic nitrogens is 2. The molecule has 0 saturated heterocycles. The van der Waals surface area contributed by atoms with E-state index in [1.54, 1.807) is 33.2 Å². The van der Waals surface area contributed by atoms with Gasteiger partial charge in [0.15, 0.2) is 0 Å². The van der Waals surface area contributed by atoms with Crippen LogP contribution in [-0.4, -0.2) is 35.3 Å². The van der Waals surface area contributed by atoms with Crippen molar-refractivity contribution < 1.29 is 14.3 Å². The number of nitrogens with zero attached hydrogens (tertiary/aromatic N) is 2. The van der Waals surface area contributed by atoms with Crippen LogP contribution in [0.15, 0.2) is 12.3 Å². The number of ether oxygens (including phenoxy) is 2. The normalized spacial score (nSPS) is 11.4. The Balaban J connectivity index is 0.00000211. The molecule has 22 heavy (non-hydrogen) atoms. The van der Waals surface area contributed by atoms with E-state index < -0.39 is 0 Å². The zero-order chi connectivity index (χ0) is 17.1. The lowest BCUT2D eigenvalue weighted by molar-refractivity contribution is -0.151. The lowest BCUT2D eigenvalue weighted by atomic mass is 10.2. The number of aryl methyl sites for hydroxylation is 1. The summed E-state index contributed by atoms with van der Waals surface area (Å²) >= 11 is 5.11. The number of carbonyl (C=O) groups excluding carboxylic acids is 1. The summed E-state index contributed by atoms with van der Waals surface area (Å²) < 4.78 is 12.7. The van der Waals surface area contributed by atoms with Crippen LogP contribution in [-0.2, 0) is 20.8 Å². The highest BCUT2D eigenvalue weighted by Crippen LogP contribution is 2.05. The Morgan fingerprint density at radius 2 is 2.14 bits per heavy atom. The van der Waals surface area contributed by atoms with Gasteiger partial charge in [0.05, 0.1) is 12.0 Å². The molecule has 1 rings (SSSR count). The van der Waals surface area contributed by atoms with E-state index in [2.05, 4.69) is 17.8 Å². The number of hydrogen-bond donors (Lipinski definition) is 1. The van der Waals surface area contributed by atoms with E-state index in [-0.39, 0.29) is 24.6 Å². The van der Waals surface area contributed by atoms with Crippen LogP contribution in [0.25, 0.3) is 0 Å². The smallest absolute Gasteiger partial charge is 0.308 e. The van der Waals surface area contributed by atoms with Gasteiger partial charge < -0.3 is 19.8 Å². The zero-order valence-electron chi connectivity index (χ0n) is 13.2. The molecule has 7 heteroatoms. The predicted molar refractivity (Wildman–Crippen MR) is 88.6 cm³/mol. The van der Waals surface area contributed by atoms with Crippen LogP contribution in [0.5, 0.6) is 0 Å². The lowest BCUT2D eigenvalue weighted by Crippen LogP contribution is -2.24. The number of anilines is 1. The van der Waals surface area contributed by atoms with Crippen LogP contribution in [0.1, 0.15) is 20.3 Å². The third kappa shape index (κ3) is 7.20. The maximum atomic E-state index is 11.4. The summed E-state index contributed by atoms with van der Waals surface area (Å²) in [7, 11) is 1.59. The van der Waals surface area contributed by atoms with Crippen molar-refractivity contribution in [1.29, 1.82) is 0 Å². The number of nitrogen functional groups attached to an aromatic ring is 1. The number of terminal acetylenes is 1. The number of esters is 1. The summed E-state index contributed by atoms with van der Waals surface area (Å²) in [5.74, 6) is 0.0423. The molecule has 0 aliphatic carbocycles. The van der Waals surface area contributed by atoms with Gasteiger partial charge in [-0.15, -0.1) is 12.8 Å². The van der Waals surface area contributed by atoms with Gasteiger partial charge in [-0.25, -0.2) is 4.98 Å². The van der Waals surface area contributed by atoms with E-state index in [1.807, 2.05) is 4.57 Å². The molecule has 0 bridgehead atoms. The molecule has 2 N–H and O–H groups in total. The van der Waals surface area contributed by atoms with E-state index >= 15 is 0 Å². The molecule has 6 nitrogen and oxygen atoms in total. The molecule has 0 aliphatic heterocycles. The molecule has 122 valence electrons. The van der Waals surface area contributed by atoms with Gasteiger partial charge >= 0.3 is 5.97 Å². The standard InChI is InChI=1S/C13H21N3O3S.C2H2/c1-9(2)12(17)19-8-10(18-3)4-6-16-7-5-11(14)15-13(16)20;1-2/h5,7,9-10H,4,6,8H2,1-3H3,(H2,14,15,20);1-2H. The van der Waals surface area contributed by atoms with Gasteiger partial charge in [0.2, 0.25) is 4.77 Å². The number of hydrogen-bond acceptors (Lipinski definition) is 6. The number of nitrogens with two attached hydrogens (primary N) is 1. The second kappa shape index (κ2) is 10.8. The Hall–Kier alpha value is -1.91. The SMILES string of the molecule is C#C.COC(CCn1ccc(N)nc1=S)COC(=O)C(C)C. The summed E-state index contributed by atoms with van der Waals surface area (Å²) in [5, 5.41) is 0. The average molecular weight is 325 g/mol. The fraction of sp³-hybridized carbons (Fsp3) is 0.533. The molecule has 0 amide bonds. The Kier molecular flexibility index (Phi) is 9.83. The highest BCUT2D eigenvalue weighted by atomic mass is 32.1. The van der Waals surface area contributed by atoms with Gasteiger partial charge in [0.1, 0.15) is 12.4 Å². The quantitative estimate of drug-likeness (QED) is 0.469. The highest BCUT2D eigenvalue weighted by molar-refractivity contribution is 7.71. The second-order valence-electron chi connectivity index (χ2n) is 4.76. The first kappa shape index (κ1) is 20.1. The molecule has 0 radical (unpaired) electrons. The maximum Gasteiger partial charge on any atom is 0.308 e. The molecule has 1 aromatic heterocycles. The third-order valence-electron chi connectivity index (χ3n) is 2.80. The van der Waals surface area contributed by atoms with Gasteiger partial charge in [-0.1, -0.05) is 13.8 Å². The van der Waals surface area contributed by atoms with Gasteiger partial charge in [-0.3, -0.25) is 4.79 Å². The van der Waals surface area contributed by atoms with Gasteiger partial charge in [0.25, 0.3) is 0 Å². The first-order valence-electron chi connectivity index (χ1n) is 6.79. The Labute approximate surface area is 136 Å². The monoisotopic (exact) mass is 325 g/mol. The van der Waals surface area contributed by atoms with Crippen LogP contribution >= 0.6 is 12.2 Å². The lowest BCUT2D eigenvalue weighted by Gasteiger charge is -2.17. The van der Waals surface area contributed by atoms with Crippen LogP contribution in [0.2, 0.25) is 0 Å². The minimum Gasteiger partial charge on any atom is -0.463 e. The molecule has 1 aromatic rings. The topological polar surface area (TPSA) is 79.4 Å². The molecule has 1 heterocycles. The molecular formula is C15H23N3O3S. The largest absolute Gasteiger partial charge is 0.463 e. The number of methoxy groups -OCH3 is 1. The fourth-order valence-electron chi connectivity index (χ4n) is 1.51. The molecule has 1 atom stereocenters. The fourth-order valence-corrected chi connectivity index (χ4v) is 1.76. The zero-order valence-corrected chi connectivity index (χ0v) is 14.0. The Morgan fingerprint density at radius 3 is 2.64 bits per heavy atom. The second-order valence-corrected chi connectivity index (χ2v) is 5.12. The summed E-state index contributed by atoms with van der Waals surface area (Å²) in [6.45, 7) is 4.46. The van der Waals surface area contributed by atoms with Crippen molar-refractivity contribution in [3.63, 3.8) is 0 Å². The maximum absolute atomic E-state index is 11.4. The first-order valence-corrected chi connectivity index (χ1v) is 7.20. The summed E-state index contributed by atoms with van der Waals surface area (Å²) in [5.41, 5.74) is 5.55. The van der Waals surface area contributed by atoms with E-state index in [1.165, 1.54) is 0 Å². The first-order chi connectivity index (χ1) is 10.4.